The molecule has 4 rings (SSSR count). The van der Waals surface area contributed by atoms with Crippen molar-refractivity contribution < 1.29 is 14.4 Å². The Hall–Kier alpha value is -3.16. The Morgan fingerprint density at radius 2 is 1.80 bits per heavy atom. The van der Waals surface area contributed by atoms with Crippen LogP contribution in [0.3, 0.4) is 0 Å². The van der Waals surface area contributed by atoms with Crippen LogP contribution in [0.25, 0.3) is 0 Å². The number of hydrogen-bond acceptors (Lipinski definition) is 4. The average Bonchev–Trinajstić information content (AvgIpc) is 3.27. The van der Waals surface area contributed by atoms with E-state index >= 15 is 0 Å². The lowest BCUT2D eigenvalue weighted by molar-refractivity contribution is -0.170. The third kappa shape index (κ3) is 3.07. The Kier molecular flexibility index (Phi) is 4.88. The summed E-state index contributed by atoms with van der Waals surface area (Å²) in [6.45, 7) is 6.31. The molecule has 0 aliphatic carbocycles. The highest BCUT2D eigenvalue weighted by molar-refractivity contribution is 6.21. The molecule has 3 heterocycles. The van der Waals surface area contributed by atoms with Crippen LogP contribution in [0, 0.1) is 6.92 Å². The summed E-state index contributed by atoms with van der Waals surface area (Å²) in [4.78, 5) is 45.2. The van der Waals surface area contributed by atoms with Crippen molar-refractivity contribution in [2.45, 2.75) is 45.3 Å². The topological polar surface area (TPSA) is 78.8 Å². The molecule has 1 aromatic carbocycles. The smallest absolute Gasteiger partial charge is 0.262 e. The van der Waals surface area contributed by atoms with Gasteiger partial charge in [0.2, 0.25) is 11.4 Å². The van der Waals surface area contributed by atoms with Gasteiger partial charge in [0.1, 0.15) is 6.54 Å². The van der Waals surface area contributed by atoms with Crippen LogP contribution >= 0.6 is 0 Å². The first-order chi connectivity index (χ1) is 14.2. The molecule has 1 spiro atoms. The number of aromatic nitrogens is 2. The van der Waals surface area contributed by atoms with Crippen LogP contribution in [0.1, 0.15) is 31.4 Å². The van der Waals surface area contributed by atoms with Gasteiger partial charge >= 0.3 is 0 Å². The number of rotatable bonds is 4. The lowest BCUT2D eigenvalue weighted by atomic mass is 9.88. The van der Waals surface area contributed by atoms with Crippen LogP contribution < -0.4 is 4.90 Å². The second-order valence-corrected chi connectivity index (χ2v) is 8.43. The molecule has 2 aromatic rings. The Morgan fingerprint density at radius 1 is 1.10 bits per heavy atom. The van der Waals surface area contributed by atoms with Gasteiger partial charge < -0.3 is 14.7 Å². The second-order valence-electron chi connectivity index (χ2n) is 8.43. The van der Waals surface area contributed by atoms with Crippen LogP contribution in [-0.2, 0) is 28.0 Å². The average molecular weight is 409 g/mol. The highest BCUT2D eigenvalue weighted by Gasteiger charge is 2.62. The van der Waals surface area contributed by atoms with E-state index in [0.29, 0.717) is 12.2 Å². The van der Waals surface area contributed by atoms with Gasteiger partial charge in [0, 0.05) is 38.8 Å². The SMILES string of the molecule is Cc1ccc(CN2C(=O)CN(C(C)C)C(=O)C23CCN(c2cnn(C)c2)C3=O)cc1. The lowest BCUT2D eigenvalue weighted by Crippen LogP contribution is -2.71. The zero-order chi connectivity index (χ0) is 21.6. The van der Waals surface area contributed by atoms with Crippen LogP contribution in [-0.4, -0.2) is 62.0 Å². The Balaban J connectivity index is 1.76. The molecular weight excluding hydrogens is 382 g/mol. The van der Waals surface area contributed by atoms with Gasteiger partial charge in [0.15, 0.2) is 0 Å². The summed E-state index contributed by atoms with van der Waals surface area (Å²) in [5.41, 5.74) is 1.13. The first-order valence-corrected chi connectivity index (χ1v) is 10.2. The summed E-state index contributed by atoms with van der Waals surface area (Å²) < 4.78 is 1.62. The quantitative estimate of drug-likeness (QED) is 0.717. The fraction of sp³-hybridized carbons (Fsp3) is 0.455. The summed E-state index contributed by atoms with van der Waals surface area (Å²) in [6, 6.07) is 7.65. The molecule has 3 amide bonds. The summed E-state index contributed by atoms with van der Waals surface area (Å²) in [7, 11) is 1.78. The monoisotopic (exact) mass is 409 g/mol. The van der Waals surface area contributed by atoms with E-state index in [0.717, 1.165) is 11.1 Å². The fourth-order valence-electron chi connectivity index (χ4n) is 4.33. The first kappa shape index (κ1) is 20.1. The van der Waals surface area contributed by atoms with E-state index < -0.39 is 5.54 Å². The Bertz CT molecular complexity index is 996. The number of carbonyl (C=O) groups excluding carboxylic acids is 3. The second kappa shape index (κ2) is 7.27. The molecule has 1 aromatic heterocycles. The zero-order valence-electron chi connectivity index (χ0n) is 17.8. The summed E-state index contributed by atoms with van der Waals surface area (Å²) in [5.74, 6) is -0.850. The van der Waals surface area contributed by atoms with Crippen LogP contribution in [0.5, 0.6) is 0 Å². The van der Waals surface area contributed by atoms with Crippen molar-refractivity contribution >= 4 is 23.4 Å². The number of carbonyl (C=O) groups is 3. The minimum absolute atomic E-state index is 0.00964. The van der Waals surface area contributed by atoms with E-state index in [-0.39, 0.29) is 43.3 Å². The van der Waals surface area contributed by atoms with E-state index in [4.69, 9.17) is 0 Å². The zero-order valence-corrected chi connectivity index (χ0v) is 17.8. The largest absolute Gasteiger partial charge is 0.328 e. The number of aryl methyl sites for hydroxylation is 2. The number of anilines is 1. The minimum atomic E-state index is -1.51. The van der Waals surface area contributed by atoms with Gasteiger partial charge in [-0.25, -0.2) is 0 Å². The molecule has 0 saturated carbocycles. The molecule has 2 fully saturated rings. The number of nitrogens with zero attached hydrogens (tertiary/aromatic N) is 5. The normalized spacial score (nSPS) is 22.2. The van der Waals surface area contributed by atoms with Crippen molar-refractivity contribution in [3.63, 3.8) is 0 Å². The molecular formula is C22H27N5O3. The molecule has 0 radical (unpaired) electrons. The third-order valence-electron chi connectivity index (χ3n) is 6.07. The van der Waals surface area contributed by atoms with E-state index in [2.05, 4.69) is 5.10 Å². The number of amides is 3. The lowest BCUT2D eigenvalue weighted by Gasteiger charge is -2.47. The van der Waals surface area contributed by atoms with Crippen molar-refractivity contribution in [3.8, 4) is 0 Å². The highest BCUT2D eigenvalue weighted by atomic mass is 16.2. The summed E-state index contributed by atoms with van der Waals surface area (Å²) in [6.07, 6.45) is 3.62. The van der Waals surface area contributed by atoms with E-state index in [1.807, 2.05) is 45.0 Å². The van der Waals surface area contributed by atoms with Crippen LogP contribution in [0.15, 0.2) is 36.7 Å². The molecule has 1 atom stereocenters. The number of benzene rings is 1. The minimum Gasteiger partial charge on any atom is -0.328 e. The fourth-order valence-corrected chi connectivity index (χ4v) is 4.33. The van der Waals surface area contributed by atoms with E-state index in [1.165, 1.54) is 9.80 Å². The van der Waals surface area contributed by atoms with Gasteiger partial charge in [-0.15, -0.1) is 0 Å². The van der Waals surface area contributed by atoms with Gasteiger partial charge in [0.25, 0.3) is 11.8 Å². The maximum absolute atomic E-state index is 13.7. The Morgan fingerprint density at radius 3 is 2.40 bits per heavy atom. The number of hydrogen-bond donors (Lipinski definition) is 0. The van der Waals surface area contributed by atoms with Crippen LogP contribution in [0.2, 0.25) is 0 Å². The first-order valence-electron chi connectivity index (χ1n) is 10.2. The molecule has 2 saturated heterocycles. The van der Waals surface area contributed by atoms with Gasteiger partial charge in [-0.05, 0) is 26.3 Å². The van der Waals surface area contributed by atoms with Crippen molar-refractivity contribution in [2.75, 3.05) is 18.0 Å². The molecule has 30 heavy (non-hydrogen) atoms. The van der Waals surface area contributed by atoms with Crippen molar-refractivity contribution in [1.29, 1.82) is 0 Å². The number of piperazine rings is 1. The summed E-state index contributed by atoms with van der Waals surface area (Å²) >= 11 is 0. The van der Waals surface area contributed by atoms with Crippen molar-refractivity contribution in [1.82, 2.24) is 19.6 Å². The standard InChI is InChI=1S/C22H27N5O3/c1-15(2)26-14-19(28)27(12-17-7-5-16(3)6-8-17)22(21(26)30)9-10-25(20(22)29)18-11-23-24(4)13-18/h5-8,11,13,15H,9-10,12,14H2,1-4H3. The maximum atomic E-state index is 13.7. The van der Waals surface area contributed by atoms with Gasteiger partial charge in [0.05, 0.1) is 11.9 Å². The molecule has 0 N–H and O–H groups in total. The van der Waals surface area contributed by atoms with Crippen molar-refractivity contribution in [2.24, 2.45) is 7.05 Å². The van der Waals surface area contributed by atoms with E-state index in [9.17, 15) is 14.4 Å². The third-order valence-corrected chi connectivity index (χ3v) is 6.07. The predicted molar refractivity (Wildman–Crippen MR) is 111 cm³/mol. The molecule has 8 nitrogen and oxygen atoms in total. The van der Waals surface area contributed by atoms with Crippen molar-refractivity contribution in [3.05, 3.63) is 47.8 Å². The van der Waals surface area contributed by atoms with E-state index in [1.54, 1.807) is 29.0 Å². The van der Waals surface area contributed by atoms with Gasteiger partial charge in [-0.3, -0.25) is 19.1 Å². The molecule has 2 aliphatic heterocycles. The molecule has 1 unspecified atom stereocenters. The Labute approximate surface area is 176 Å². The molecule has 2 aliphatic rings. The van der Waals surface area contributed by atoms with Crippen LogP contribution in [0.4, 0.5) is 5.69 Å². The van der Waals surface area contributed by atoms with Gasteiger partial charge in [-0.1, -0.05) is 29.8 Å². The molecule has 8 heteroatoms. The van der Waals surface area contributed by atoms with Gasteiger partial charge in [-0.2, -0.15) is 5.10 Å². The summed E-state index contributed by atoms with van der Waals surface area (Å²) in [5, 5.41) is 4.15. The highest BCUT2D eigenvalue weighted by Crippen LogP contribution is 2.38. The predicted octanol–water partition coefficient (Wildman–Crippen LogP) is 1.48. The molecule has 0 bridgehead atoms. The molecule has 158 valence electrons. The maximum Gasteiger partial charge on any atom is 0.262 e.